The van der Waals surface area contributed by atoms with E-state index in [1.54, 1.807) is 0 Å². The number of nitrogen functional groups attached to an aromatic ring is 1. The average molecular weight is 226 g/mol. The van der Waals surface area contributed by atoms with Crippen molar-refractivity contribution in [1.82, 2.24) is 0 Å². The first-order chi connectivity index (χ1) is 8.04. The third kappa shape index (κ3) is 1.78. The van der Waals surface area contributed by atoms with E-state index >= 15 is 0 Å². The van der Waals surface area contributed by atoms with Gasteiger partial charge in [-0.25, -0.2) is 0 Å². The largest absolute Gasteiger partial charge is 0.444 e. The molecule has 17 heavy (non-hydrogen) atoms. The van der Waals surface area contributed by atoms with E-state index in [-0.39, 0.29) is 5.88 Å². The molecule has 2 aromatic rings. The predicted molar refractivity (Wildman–Crippen MR) is 67.5 cm³/mol. The quantitative estimate of drug-likeness (QED) is 0.811. The van der Waals surface area contributed by atoms with Gasteiger partial charge in [0.2, 0.25) is 5.88 Å². The van der Waals surface area contributed by atoms with Gasteiger partial charge in [-0.2, -0.15) is 5.26 Å². The van der Waals surface area contributed by atoms with Gasteiger partial charge in [0.15, 0.2) is 0 Å². The van der Waals surface area contributed by atoms with Crippen LogP contribution in [0.2, 0.25) is 0 Å². The van der Waals surface area contributed by atoms with Gasteiger partial charge >= 0.3 is 0 Å². The van der Waals surface area contributed by atoms with Crippen LogP contribution in [0.25, 0.3) is 11.1 Å². The molecule has 1 aromatic heterocycles. The molecule has 0 saturated heterocycles. The van der Waals surface area contributed by atoms with Crippen molar-refractivity contribution in [1.29, 1.82) is 5.26 Å². The number of hydrogen-bond donors (Lipinski definition) is 1. The first kappa shape index (κ1) is 11.3. The Hall–Kier alpha value is -2.21. The van der Waals surface area contributed by atoms with Crippen molar-refractivity contribution in [3.63, 3.8) is 0 Å². The van der Waals surface area contributed by atoms with Crippen LogP contribution >= 0.6 is 0 Å². The number of nitriles is 1. The fourth-order valence-corrected chi connectivity index (χ4v) is 2.01. The lowest BCUT2D eigenvalue weighted by Gasteiger charge is -2.06. The summed E-state index contributed by atoms with van der Waals surface area (Å²) in [6.45, 7) is 5.86. The molecule has 2 N–H and O–H groups in total. The topological polar surface area (TPSA) is 62.9 Å². The van der Waals surface area contributed by atoms with Gasteiger partial charge in [0, 0.05) is 5.56 Å². The highest BCUT2D eigenvalue weighted by molar-refractivity contribution is 5.79. The van der Waals surface area contributed by atoms with Gasteiger partial charge in [-0.3, -0.25) is 0 Å². The summed E-state index contributed by atoms with van der Waals surface area (Å²) in [5.41, 5.74) is 10.2. The molecule has 0 aliphatic carbocycles. The van der Waals surface area contributed by atoms with Crippen LogP contribution < -0.4 is 5.73 Å². The Labute approximate surface area is 100 Å². The van der Waals surface area contributed by atoms with E-state index in [0.717, 1.165) is 22.3 Å². The van der Waals surface area contributed by atoms with E-state index in [4.69, 9.17) is 15.4 Å². The third-order valence-electron chi connectivity index (χ3n) is 2.89. The van der Waals surface area contributed by atoms with Crippen LogP contribution in [-0.2, 0) is 0 Å². The van der Waals surface area contributed by atoms with Crippen molar-refractivity contribution in [2.45, 2.75) is 20.8 Å². The molecule has 0 spiro atoms. The van der Waals surface area contributed by atoms with Crippen LogP contribution in [0.5, 0.6) is 0 Å². The third-order valence-corrected chi connectivity index (χ3v) is 2.89. The second-order valence-electron chi connectivity index (χ2n) is 4.20. The molecule has 3 nitrogen and oxygen atoms in total. The van der Waals surface area contributed by atoms with E-state index in [9.17, 15) is 0 Å². The zero-order valence-electron chi connectivity index (χ0n) is 10.2. The fourth-order valence-electron chi connectivity index (χ4n) is 2.01. The fraction of sp³-hybridized carbons (Fsp3) is 0.214. The summed E-state index contributed by atoms with van der Waals surface area (Å²) < 4.78 is 5.34. The number of anilines is 1. The summed E-state index contributed by atoms with van der Waals surface area (Å²) in [7, 11) is 0. The van der Waals surface area contributed by atoms with Crippen molar-refractivity contribution < 1.29 is 4.42 Å². The maximum Gasteiger partial charge on any atom is 0.209 e. The number of nitrogens with zero attached hydrogens (tertiary/aromatic N) is 1. The number of benzene rings is 1. The molecule has 0 saturated carbocycles. The standard InChI is InChI=1S/C14H14N2O/c1-8-4-5-9(2)11(6-8)13-10(3)17-14(16)12(13)7-15/h4-6H,16H2,1-3H3. The Kier molecular flexibility index (Phi) is 2.64. The molecule has 0 atom stereocenters. The van der Waals surface area contributed by atoms with E-state index in [2.05, 4.69) is 6.07 Å². The lowest BCUT2D eigenvalue weighted by Crippen LogP contribution is -1.89. The highest BCUT2D eigenvalue weighted by Gasteiger charge is 2.18. The molecule has 0 radical (unpaired) electrons. The first-order valence-corrected chi connectivity index (χ1v) is 5.41. The molecule has 1 heterocycles. The van der Waals surface area contributed by atoms with Crippen LogP contribution in [0.15, 0.2) is 22.6 Å². The molecule has 0 bridgehead atoms. The van der Waals surface area contributed by atoms with Crippen molar-refractivity contribution in [3.8, 4) is 17.2 Å². The molecule has 3 heteroatoms. The molecule has 2 rings (SSSR count). The lowest BCUT2D eigenvalue weighted by atomic mass is 9.96. The van der Waals surface area contributed by atoms with Crippen molar-refractivity contribution in [2.75, 3.05) is 5.73 Å². The Balaban J connectivity index is 2.77. The number of nitrogens with two attached hydrogens (primary N) is 1. The Bertz CT molecular complexity index is 618. The number of rotatable bonds is 1. The zero-order valence-corrected chi connectivity index (χ0v) is 10.2. The normalized spacial score (nSPS) is 10.2. The highest BCUT2D eigenvalue weighted by Crippen LogP contribution is 2.35. The van der Waals surface area contributed by atoms with Crippen LogP contribution in [0.3, 0.4) is 0 Å². The number of aryl methyl sites for hydroxylation is 3. The number of hydrogen-bond acceptors (Lipinski definition) is 3. The predicted octanol–water partition coefficient (Wildman–Crippen LogP) is 3.33. The van der Waals surface area contributed by atoms with E-state index in [0.29, 0.717) is 11.3 Å². The summed E-state index contributed by atoms with van der Waals surface area (Å²) in [5.74, 6) is 0.883. The first-order valence-electron chi connectivity index (χ1n) is 5.41. The minimum Gasteiger partial charge on any atom is -0.444 e. The van der Waals surface area contributed by atoms with Gasteiger partial charge in [0.05, 0.1) is 0 Å². The second kappa shape index (κ2) is 3.99. The van der Waals surface area contributed by atoms with Gasteiger partial charge < -0.3 is 10.2 Å². The summed E-state index contributed by atoms with van der Waals surface area (Å²) in [4.78, 5) is 0. The zero-order chi connectivity index (χ0) is 12.6. The molecule has 0 amide bonds. The van der Waals surface area contributed by atoms with Crippen LogP contribution in [-0.4, -0.2) is 0 Å². The molecule has 0 unspecified atom stereocenters. The van der Waals surface area contributed by atoms with Gasteiger partial charge in [0.25, 0.3) is 0 Å². The molecule has 0 fully saturated rings. The Morgan fingerprint density at radius 2 is 1.94 bits per heavy atom. The SMILES string of the molecule is Cc1ccc(C)c(-c2c(C)oc(N)c2C#N)c1. The molecule has 0 aliphatic heterocycles. The van der Waals surface area contributed by atoms with Crippen molar-refractivity contribution >= 4 is 5.88 Å². The van der Waals surface area contributed by atoms with E-state index in [1.807, 2.05) is 39.0 Å². The lowest BCUT2D eigenvalue weighted by molar-refractivity contribution is 0.554. The second-order valence-corrected chi connectivity index (χ2v) is 4.20. The monoisotopic (exact) mass is 226 g/mol. The van der Waals surface area contributed by atoms with Gasteiger partial charge in [0.1, 0.15) is 17.4 Å². The van der Waals surface area contributed by atoms with E-state index < -0.39 is 0 Å². The summed E-state index contributed by atoms with van der Waals surface area (Å²) in [6, 6.07) is 8.24. The van der Waals surface area contributed by atoms with Gasteiger partial charge in [-0.05, 0) is 31.9 Å². The minimum absolute atomic E-state index is 0.195. The van der Waals surface area contributed by atoms with Crippen LogP contribution in [0, 0.1) is 32.1 Å². The smallest absolute Gasteiger partial charge is 0.209 e. The molecular weight excluding hydrogens is 212 g/mol. The van der Waals surface area contributed by atoms with E-state index in [1.165, 1.54) is 0 Å². The van der Waals surface area contributed by atoms with Crippen LogP contribution in [0.1, 0.15) is 22.5 Å². The summed E-state index contributed by atoms with van der Waals surface area (Å²) >= 11 is 0. The highest BCUT2D eigenvalue weighted by atomic mass is 16.4. The summed E-state index contributed by atoms with van der Waals surface area (Å²) in [6.07, 6.45) is 0. The molecule has 1 aromatic carbocycles. The average Bonchev–Trinajstić information content (AvgIpc) is 2.56. The Morgan fingerprint density at radius 1 is 1.24 bits per heavy atom. The number of furan rings is 1. The van der Waals surface area contributed by atoms with Gasteiger partial charge in [-0.1, -0.05) is 23.8 Å². The molecule has 86 valence electrons. The maximum atomic E-state index is 9.14. The maximum absolute atomic E-state index is 9.14. The Morgan fingerprint density at radius 3 is 2.59 bits per heavy atom. The van der Waals surface area contributed by atoms with Crippen LogP contribution in [0.4, 0.5) is 5.88 Å². The van der Waals surface area contributed by atoms with Crippen molar-refractivity contribution in [2.24, 2.45) is 0 Å². The summed E-state index contributed by atoms with van der Waals surface area (Å²) in [5, 5.41) is 9.14. The molecule has 0 aliphatic rings. The van der Waals surface area contributed by atoms with Gasteiger partial charge in [-0.15, -0.1) is 0 Å². The molecular formula is C14H14N2O. The minimum atomic E-state index is 0.195. The van der Waals surface area contributed by atoms with Crippen molar-refractivity contribution in [3.05, 3.63) is 40.6 Å².